The van der Waals surface area contributed by atoms with E-state index in [4.69, 9.17) is 16.3 Å². The molecule has 0 spiro atoms. The summed E-state index contributed by atoms with van der Waals surface area (Å²) in [5.74, 6) is 0.413. The van der Waals surface area contributed by atoms with Crippen molar-refractivity contribution in [3.8, 4) is 5.75 Å². The van der Waals surface area contributed by atoms with Gasteiger partial charge in [0, 0.05) is 24.5 Å². The molecule has 2 aromatic carbocycles. The highest BCUT2D eigenvalue weighted by Gasteiger charge is 2.21. The van der Waals surface area contributed by atoms with Crippen LogP contribution in [0, 0.1) is 12.7 Å². The average Bonchev–Trinajstić information content (AvgIpc) is 3.06. The van der Waals surface area contributed by atoms with Crippen molar-refractivity contribution in [2.45, 2.75) is 13.0 Å². The lowest BCUT2D eigenvalue weighted by atomic mass is 10.1. The molecule has 5 nitrogen and oxygen atoms in total. The number of hydrogen-bond acceptors (Lipinski definition) is 3. The van der Waals surface area contributed by atoms with Crippen molar-refractivity contribution in [2.75, 3.05) is 6.61 Å². The molecule has 3 aromatic rings. The fourth-order valence-corrected chi connectivity index (χ4v) is 2.81. The van der Waals surface area contributed by atoms with Gasteiger partial charge in [-0.1, -0.05) is 23.7 Å². The van der Waals surface area contributed by atoms with Gasteiger partial charge >= 0.3 is 0 Å². The molecule has 3 rings (SSSR count). The van der Waals surface area contributed by atoms with Gasteiger partial charge in [0.1, 0.15) is 23.4 Å². The van der Waals surface area contributed by atoms with E-state index in [0.717, 1.165) is 5.56 Å². The van der Waals surface area contributed by atoms with Crippen LogP contribution in [0.5, 0.6) is 5.75 Å². The lowest BCUT2D eigenvalue weighted by molar-refractivity contribution is -0.123. The highest BCUT2D eigenvalue weighted by atomic mass is 35.5. The number of benzene rings is 2. The summed E-state index contributed by atoms with van der Waals surface area (Å²) in [7, 11) is 1.81. The van der Waals surface area contributed by atoms with Crippen LogP contribution in [0.2, 0.25) is 5.02 Å². The summed E-state index contributed by atoms with van der Waals surface area (Å²) in [5, 5.41) is 3.49. The minimum absolute atomic E-state index is 0.183. The molecule has 140 valence electrons. The molecule has 0 saturated heterocycles. The zero-order valence-electron chi connectivity index (χ0n) is 14.9. The summed E-state index contributed by atoms with van der Waals surface area (Å²) in [6.07, 6.45) is 3.39. The first-order chi connectivity index (χ1) is 12.9. The van der Waals surface area contributed by atoms with Gasteiger partial charge in [-0.05, 0) is 48.4 Å². The van der Waals surface area contributed by atoms with Crippen molar-refractivity contribution in [3.05, 3.63) is 82.6 Å². The Balaban J connectivity index is 1.74. The Bertz CT molecular complexity index is 958. The maximum Gasteiger partial charge on any atom is 0.258 e. The maximum absolute atomic E-state index is 13.7. The van der Waals surface area contributed by atoms with Crippen molar-refractivity contribution in [1.29, 1.82) is 0 Å². The van der Waals surface area contributed by atoms with Crippen LogP contribution in [-0.2, 0) is 11.8 Å². The lowest BCUT2D eigenvalue weighted by Gasteiger charge is -2.19. The molecule has 0 aliphatic carbocycles. The van der Waals surface area contributed by atoms with Gasteiger partial charge in [-0.15, -0.1) is 0 Å². The summed E-state index contributed by atoms with van der Waals surface area (Å²) >= 11 is 5.99. The van der Waals surface area contributed by atoms with E-state index in [-0.39, 0.29) is 18.3 Å². The summed E-state index contributed by atoms with van der Waals surface area (Å²) in [6, 6.07) is 10.7. The van der Waals surface area contributed by atoms with E-state index in [9.17, 15) is 9.18 Å². The Morgan fingerprint density at radius 2 is 2.15 bits per heavy atom. The van der Waals surface area contributed by atoms with Crippen molar-refractivity contribution in [2.24, 2.45) is 7.05 Å². The molecule has 1 aromatic heterocycles. The van der Waals surface area contributed by atoms with Gasteiger partial charge in [0.25, 0.3) is 5.91 Å². The van der Waals surface area contributed by atoms with Crippen LogP contribution >= 0.6 is 11.6 Å². The first-order valence-corrected chi connectivity index (χ1v) is 8.73. The van der Waals surface area contributed by atoms with Crippen LogP contribution < -0.4 is 10.1 Å². The molecule has 0 aliphatic heterocycles. The van der Waals surface area contributed by atoms with E-state index < -0.39 is 6.04 Å². The van der Waals surface area contributed by atoms with Crippen molar-refractivity contribution < 1.29 is 13.9 Å². The monoisotopic (exact) mass is 387 g/mol. The van der Waals surface area contributed by atoms with E-state index in [2.05, 4.69) is 10.3 Å². The first-order valence-electron chi connectivity index (χ1n) is 8.35. The lowest BCUT2D eigenvalue weighted by Crippen LogP contribution is -2.34. The Kier molecular flexibility index (Phi) is 5.76. The van der Waals surface area contributed by atoms with E-state index in [1.807, 2.05) is 14.0 Å². The average molecular weight is 388 g/mol. The maximum atomic E-state index is 13.7. The molecular weight excluding hydrogens is 369 g/mol. The van der Waals surface area contributed by atoms with Crippen LogP contribution in [0.4, 0.5) is 4.39 Å². The number of aryl methyl sites for hydroxylation is 2. The normalized spacial score (nSPS) is 11.9. The summed E-state index contributed by atoms with van der Waals surface area (Å²) in [4.78, 5) is 16.7. The number of imidazole rings is 1. The second-order valence-electron chi connectivity index (χ2n) is 6.15. The van der Waals surface area contributed by atoms with Gasteiger partial charge in [-0.25, -0.2) is 9.37 Å². The third-order valence-corrected chi connectivity index (χ3v) is 4.53. The minimum atomic E-state index is -0.594. The molecule has 1 N–H and O–H groups in total. The molecule has 1 heterocycles. The Labute approximate surface area is 161 Å². The second-order valence-corrected chi connectivity index (χ2v) is 6.56. The third-order valence-electron chi connectivity index (χ3n) is 4.10. The molecule has 1 amide bonds. The van der Waals surface area contributed by atoms with Crippen LogP contribution in [0.25, 0.3) is 0 Å². The molecule has 0 aliphatic rings. The van der Waals surface area contributed by atoms with Crippen molar-refractivity contribution in [1.82, 2.24) is 14.9 Å². The van der Waals surface area contributed by atoms with E-state index in [1.54, 1.807) is 47.3 Å². The van der Waals surface area contributed by atoms with Gasteiger partial charge in [0.15, 0.2) is 6.61 Å². The highest BCUT2D eigenvalue weighted by Crippen LogP contribution is 2.22. The van der Waals surface area contributed by atoms with Crippen LogP contribution in [0.1, 0.15) is 23.0 Å². The van der Waals surface area contributed by atoms with Crippen molar-refractivity contribution in [3.63, 3.8) is 0 Å². The van der Waals surface area contributed by atoms with Crippen molar-refractivity contribution >= 4 is 17.5 Å². The minimum Gasteiger partial charge on any atom is -0.484 e. The summed E-state index contributed by atoms with van der Waals surface area (Å²) < 4.78 is 21.0. The van der Waals surface area contributed by atoms with Gasteiger partial charge in [-0.2, -0.15) is 0 Å². The number of aromatic nitrogens is 2. The molecule has 0 bridgehead atoms. The fourth-order valence-electron chi connectivity index (χ4n) is 2.70. The largest absolute Gasteiger partial charge is 0.484 e. The van der Waals surface area contributed by atoms with E-state index >= 15 is 0 Å². The molecule has 0 radical (unpaired) electrons. The van der Waals surface area contributed by atoms with E-state index in [0.29, 0.717) is 22.2 Å². The molecule has 27 heavy (non-hydrogen) atoms. The van der Waals surface area contributed by atoms with Gasteiger partial charge < -0.3 is 14.6 Å². The highest BCUT2D eigenvalue weighted by molar-refractivity contribution is 6.31. The smallest absolute Gasteiger partial charge is 0.258 e. The van der Waals surface area contributed by atoms with Gasteiger partial charge in [0.05, 0.1) is 0 Å². The number of nitrogens with zero attached hydrogens (tertiary/aromatic N) is 2. The van der Waals surface area contributed by atoms with Crippen LogP contribution in [-0.4, -0.2) is 22.1 Å². The van der Waals surface area contributed by atoms with E-state index in [1.165, 1.54) is 12.1 Å². The SMILES string of the molecule is Cc1cc(OCC(=O)N[C@H](c2cccc(F)c2)c2nccn2C)ccc1Cl. The zero-order chi connectivity index (χ0) is 19.4. The second kappa shape index (κ2) is 8.22. The fraction of sp³-hybridized carbons (Fsp3) is 0.200. The van der Waals surface area contributed by atoms with Gasteiger partial charge in [-0.3, -0.25) is 4.79 Å². The number of nitrogens with one attached hydrogen (secondary N) is 1. The van der Waals surface area contributed by atoms with Gasteiger partial charge in [0.2, 0.25) is 0 Å². The Morgan fingerprint density at radius 3 is 2.81 bits per heavy atom. The topological polar surface area (TPSA) is 56.1 Å². The quantitative estimate of drug-likeness (QED) is 0.699. The molecule has 7 heteroatoms. The predicted octanol–water partition coefficient (Wildman–Crippen LogP) is 3.81. The number of carbonyl (C=O) groups is 1. The predicted molar refractivity (Wildman–Crippen MR) is 101 cm³/mol. The number of ether oxygens (including phenoxy) is 1. The molecule has 0 fully saturated rings. The Morgan fingerprint density at radius 1 is 1.33 bits per heavy atom. The number of carbonyl (C=O) groups excluding carboxylic acids is 1. The molecule has 1 atom stereocenters. The third kappa shape index (κ3) is 4.65. The zero-order valence-corrected chi connectivity index (χ0v) is 15.7. The van der Waals surface area contributed by atoms with Crippen LogP contribution in [0.15, 0.2) is 54.9 Å². The number of amides is 1. The summed E-state index contributed by atoms with van der Waals surface area (Å²) in [6.45, 7) is 1.67. The Hall–Kier alpha value is -2.86. The molecule has 0 unspecified atom stereocenters. The summed E-state index contributed by atoms with van der Waals surface area (Å²) in [5.41, 5.74) is 1.46. The molecule has 0 saturated carbocycles. The first kappa shape index (κ1) is 18.9. The molecular formula is C20H19ClFN3O2. The van der Waals surface area contributed by atoms with Crippen LogP contribution in [0.3, 0.4) is 0 Å². The number of halogens is 2. The number of rotatable bonds is 6. The number of hydrogen-bond donors (Lipinski definition) is 1. The standard InChI is InChI=1S/C20H19ClFN3O2/c1-13-10-16(6-7-17(13)21)27-12-18(26)24-19(20-23-8-9-25(20)2)14-4-3-5-15(22)11-14/h3-11,19H,12H2,1-2H3,(H,24,26)/t19-/m1/s1.